The molecule has 0 radical (unpaired) electrons. The molecule has 0 spiro atoms. The highest BCUT2D eigenvalue weighted by atomic mass is 79.9. The van der Waals surface area contributed by atoms with Crippen LogP contribution in [0.5, 0.6) is 5.75 Å². The Hall–Kier alpha value is -1.54. The molecule has 1 N–H and O–H groups in total. The second kappa shape index (κ2) is 6.26. The lowest BCUT2D eigenvalue weighted by Gasteiger charge is -2.09. The summed E-state index contributed by atoms with van der Waals surface area (Å²) in [5.41, 5.74) is 2.11. The minimum atomic E-state index is -0.301. The van der Waals surface area contributed by atoms with Crippen LogP contribution in [0.25, 0.3) is 0 Å². The van der Waals surface area contributed by atoms with Crippen molar-refractivity contribution in [3.63, 3.8) is 0 Å². The largest absolute Gasteiger partial charge is 0.484 e. The summed E-state index contributed by atoms with van der Waals surface area (Å²) in [6, 6.07) is 5.54. The first kappa shape index (κ1) is 13.5. The van der Waals surface area contributed by atoms with Gasteiger partial charge < -0.3 is 10.1 Å². The highest BCUT2D eigenvalue weighted by Crippen LogP contribution is 2.26. The number of carbonyl (C=O) groups excluding carboxylic acids is 1. The lowest BCUT2D eigenvalue weighted by Crippen LogP contribution is -2.29. The second-order valence-electron chi connectivity index (χ2n) is 3.59. The van der Waals surface area contributed by atoms with E-state index in [1.807, 2.05) is 32.0 Å². The maximum absolute atomic E-state index is 11.2. The summed E-state index contributed by atoms with van der Waals surface area (Å²) in [5, 5.41) is 10.7. The van der Waals surface area contributed by atoms with Crippen LogP contribution in [-0.2, 0) is 4.79 Å². The van der Waals surface area contributed by atoms with E-state index in [-0.39, 0.29) is 19.1 Å². The summed E-state index contributed by atoms with van der Waals surface area (Å²) in [6.07, 6.45) is 0. The van der Waals surface area contributed by atoms with Gasteiger partial charge in [0.05, 0.1) is 6.07 Å². The first-order valence-corrected chi connectivity index (χ1v) is 5.87. The number of aryl methyl sites for hydroxylation is 2. The molecule has 0 aliphatic heterocycles. The molecule has 0 heterocycles. The molecule has 0 saturated heterocycles. The smallest absolute Gasteiger partial charge is 0.258 e. The number of ether oxygens (including phenoxy) is 1. The van der Waals surface area contributed by atoms with Gasteiger partial charge in [-0.25, -0.2) is 0 Å². The standard InChI is InChI=1S/C12H13BrN2O2/c1-8-5-10(6-9(2)12(8)13)17-7-11(16)15-4-3-14/h5-6H,4,7H2,1-2H3,(H,15,16). The van der Waals surface area contributed by atoms with Gasteiger partial charge in [-0.2, -0.15) is 5.26 Å². The third kappa shape index (κ3) is 4.08. The number of hydrogen-bond donors (Lipinski definition) is 1. The summed E-state index contributed by atoms with van der Waals surface area (Å²) in [5.74, 6) is 0.347. The number of benzene rings is 1. The van der Waals surface area contributed by atoms with Crippen molar-refractivity contribution in [3.05, 3.63) is 27.7 Å². The molecular formula is C12H13BrN2O2. The maximum Gasteiger partial charge on any atom is 0.258 e. The topological polar surface area (TPSA) is 62.1 Å². The third-order valence-electron chi connectivity index (χ3n) is 2.14. The number of hydrogen-bond acceptors (Lipinski definition) is 3. The lowest BCUT2D eigenvalue weighted by molar-refractivity contribution is -0.122. The Kier molecular flexibility index (Phi) is 4.98. The molecule has 0 aliphatic rings. The number of halogens is 1. The van der Waals surface area contributed by atoms with Gasteiger partial charge in [0.15, 0.2) is 6.61 Å². The van der Waals surface area contributed by atoms with E-state index in [0.29, 0.717) is 5.75 Å². The first-order valence-electron chi connectivity index (χ1n) is 5.07. The summed E-state index contributed by atoms with van der Waals surface area (Å²) in [4.78, 5) is 11.2. The fraction of sp³-hybridized carbons (Fsp3) is 0.333. The fourth-order valence-corrected chi connectivity index (χ4v) is 1.56. The number of carbonyl (C=O) groups is 1. The van der Waals surface area contributed by atoms with E-state index < -0.39 is 0 Å². The van der Waals surface area contributed by atoms with Crippen LogP contribution in [0.1, 0.15) is 11.1 Å². The quantitative estimate of drug-likeness (QED) is 0.866. The van der Waals surface area contributed by atoms with Crippen LogP contribution < -0.4 is 10.1 Å². The molecule has 5 heteroatoms. The zero-order chi connectivity index (χ0) is 12.8. The Morgan fingerprint density at radius 1 is 1.47 bits per heavy atom. The van der Waals surface area contributed by atoms with E-state index in [1.165, 1.54) is 0 Å². The Morgan fingerprint density at radius 2 is 2.06 bits per heavy atom. The number of nitriles is 1. The van der Waals surface area contributed by atoms with Crippen LogP contribution in [0.15, 0.2) is 16.6 Å². The molecular weight excluding hydrogens is 284 g/mol. The minimum absolute atomic E-state index is 0.000582. The van der Waals surface area contributed by atoms with Crippen LogP contribution in [0.2, 0.25) is 0 Å². The molecule has 1 aromatic rings. The van der Waals surface area contributed by atoms with Crippen LogP contribution >= 0.6 is 15.9 Å². The highest BCUT2D eigenvalue weighted by Gasteiger charge is 2.05. The minimum Gasteiger partial charge on any atom is -0.484 e. The van der Waals surface area contributed by atoms with E-state index >= 15 is 0 Å². The molecule has 0 fully saturated rings. The summed E-state index contributed by atoms with van der Waals surface area (Å²) < 4.78 is 6.38. The molecule has 4 nitrogen and oxygen atoms in total. The maximum atomic E-state index is 11.2. The Labute approximate surface area is 109 Å². The number of nitrogens with zero attached hydrogens (tertiary/aromatic N) is 1. The van der Waals surface area contributed by atoms with Crippen LogP contribution in [-0.4, -0.2) is 19.1 Å². The van der Waals surface area contributed by atoms with E-state index in [1.54, 1.807) is 0 Å². The number of rotatable bonds is 4. The zero-order valence-electron chi connectivity index (χ0n) is 9.71. The molecule has 0 aliphatic carbocycles. The number of nitrogens with one attached hydrogen (secondary N) is 1. The molecule has 1 rings (SSSR count). The van der Waals surface area contributed by atoms with Gasteiger partial charge in [-0.15, -0.1) is 0 Å². The predicted molar refractivity (Wildman–Crippen MR) is 67.7 cm³/mol. The second-order valence-corrected chi connectivity index (χ2v) is 4.39. The number of amides is 1. The zero-order valence-corrected chi connectivity index (χ0v) is 11.3. The van der Waals surface area contributed by atoms with Crippen molar-refractivity contribution < 1.29 is 9.53 Å². The van der Waals surface area contributed by atoms with Gasteiger partial charge in [0.2, 0.25) is 0 Å². The van der Waals surface area contributed by atoms with E-state index in [9.17, 15) is 4.79 Å². The lowest BCUT2D eigenvalue weighted by atomic mass is 10.1. The van der Waals surface area contributed by atoms with Crippen molar-refractivity contribution in [2.45, 2.75) is 13.8 Å². The Bertz CT molecular complexity index is 443. The molecule has 0 atom stereocenters. The van der Waals surface area contributed by atoms with Crippen LogP contribution in [0.3, 0.4) is 0 Å². The Morgan fingerprint density at radius 3 is 2.59 bits per heavy atom. The Balaban J connectivity index is 2.59. The van der Waals surface area contributed by atoms with Crippen molar-refractivity contribution in [3.8, 4) is 11.8 Å². The molecule has 1 aromatic carbocycles. The van der Waals surface area contributed by atoms with Gasteiger partial charge in [-0.1, -0.05) is 15.9 Å². The molecule has 0 unspecified atom stereocenters. The van der Waals surface area contributed by atoms with Crippen molar-refractivity contribution in [1.82, 2.24) is 5.32 Å². The van der Waals surface area contributed by atoms with E-state index in [4.69, 9.17) is 10.00 Å². The van der Waals surface area contributed by atoms with E-state index in [0.717, 1.165) is 15.6 Å². The molecule has 17 heavy (non-hydrogen) atoms. The van der Waals surface area contributed by atoms with Gasteiger partial charge in [0.1, 0.15) is 12.3 Å². The van der Waals surface area contributed by atoms with Crippen molar-refractivity contribution >= 4 is 21.8 Å². The molecule has 1 amide bonds. The molecule has 90 valence electrons. The summed E-state index contributed by atoms with van der Waals surface area (Å²) >= 11 is 3.46. The van der Waals surface area contributed by atoms with Crippen molar-refractivity contribution in [2.24, 2.45) is 0 Å². The van der Waals surface area contributed by atoms with Crippen LogP contribution in [0.4, 0.5) is 0 Å². The van der Waals surface area contributed by atoms with Gasteiger partial charge in [0, 0.05) is 4.47 Å². The average Bonchev–Trinajstić information content (AvgIpc) is 2.30. The third-order valence-corrected chi connectivity index (χ3v) is 3.40. The summed E-state index contributed by atoms with van der Waals surface area (Å²) in [7, 11) is 0. The first-order chi connectivity index (χ1) is 8.04. The van der Waals surface area contributed by atoms with Gasteiger partial charge in [-0.3, -0.25) is 4.79 Å². The summed E-state index contributed by atoms with van der Waals surface area (Å²) in [6.45, 7) is 3.84. The average molecular weight is 297 g/mol. The van der Waals surface area contributed by atoms with Gasteiger partial charge in [-0.05, 0) is 37.1 Å². The van der Waals surface area contributed by atoms with Gasteiger partial charge in [0.25, 0.3) is 5.91 Å². The predicted octanol–water partition coefficient (Wildman–Crippen LogP) is 2.08. The van der Waals surface area contributed by atoms with Crippen molar-refractivity contribution in [1.29, 1.82) is 5.26 Å². The highest BCUT2D eigenvalue weighted by molar-refractivity contribution is 9.10. The van der Waals surface area contributed by atoms with Crippen LogP contribution in [0, 0.1) is 25.2 Å². The molecule has 0 aromatic heterocycles. The molecule has 0 bridgehead atoms. The fourth-order valence-electron chi connectivity index (χ4n) is 1.33. The monoisotopic (exact) mass is 296 g/mol. The molecule has 0 saturated carbocycles. The SMILES string of the molecule is Cc1cc(OCC(=O)NCC#N)cc(C)c1Br. The van der Waals surface area contributed by atoms with E-state index in [2.05, 4.69) is 21.2 Å². The van der Waals surface area contributed by atoms with Gasteiger partial charge >= 0.3 is 0 Å². The van der Waals surface area contributed by atoms with Crippen molar-refractivity contribution in [2.75, 3.05) is 13.2 Å². The normalized spacial score (nSPS) is 9.53.